The van der Waals surface area contributed by atoms with Crippen LogP contribution in [0.4, 0.5) is 10.1 Å². The number of sulfonamides is 1. The van der Waals surface area contributed by atoms with Crippen molar-refractivity contribution in [1.29, 1.82) is 0 Å². The van der Waals surface area contributed by atoms with E-state index in [2.05, 4.69) is 5.32 Å². The molecule has 0 saturated heterocycles. The lowest BCUT2D eigenvalue weighted by atomic mass is 10.3. The molecule has 27 heavy (non-hydrogen) atoms. The molecule has 0 aliphatic rings. The van der Waals surface area contributed by atoms with Gasteiger partial charge in [0.05, 0.1) is 15.5 Å². The molecule has 0 saturated carbocycles. The van der Waals surface area contributed by atoms with Gasteiger partial charge in [0.25, 0.3) is 0 Å². The summed E-state index contributed by atoms with van der Waals surface area (Å²) in [6.45, 7) is 0. The van der Waals surface area contributed by atoms with E-state index in [9.17, 15) is 26.0 Å². The highest BCUT2D eigenvalue weighted by Gasteiger charge is 2.18. The predicted molar refractivity (Wildman–Crippen MR) is 99.0 cm³/mol. The Morgan fingerprint density at radius 2 is 1.44 bits per heavy atom. The molecule has 1 N–H and O–H groups in total. The molecule has 0 spiro atoms. The first-order valence-electron chi connectivity index (χ1n) is 7.83. The Bertz CT molecular complexity index is 1020. The number of amides is 1. The normalized spacial score (nSPS) is 12.1. The van der Waals surface area contributed by atoms with Gasteiger partial charge >= 0.3 is 0 Å². The predicted octanol–water partition coefficient (Wildman–Crippen LogP) is 1.88. The number of anilines is 1. The summed E-state index contributed by atoms with van der Waals surface area (Å²) >= 11 is 0. The molecule has 0 radical (unpaired) electrons. The lowest BCUT2D eigenvalue weighted by Crippen LogP contribution is -2.22. The second kappa shape index (κ2) is 8.15. The van der Waals surface area contributed by atoms with Crippen molar-refractivity contribution in [1.82, 2.24) is 4.31 Å². The number of hydrogen-bond donors (Lipinski definition) is 1. The summed E-state index contributed by atoms with van der Waals surface area (Å²) in [5.74, 6) is -1.52. The molecule has 0 aliphatic heterocycles. The highest BCUT2D eigenvalue weighted by molar-refractivity contribution is 7.91. The summed E-state index contributed by atoms with van der Waals surface area (Å²) < 4.78 is 62.2. The largest absolute Gasteiger partial charge is 0.326 e. The molecule has 2 rings (SSSR count). The minimum atomic E-state index is -3.71. The van der Waals surface area contributed by atoms with E-state index in [4.69, 9.17) is 0 Å². The number of nitrogens with one attached hydrogen (secondary N) is 1. The van der Waals surface area contributed by atoms with Crippen molar-refractivity contribution >= 4 is 31.5 Å². The van der Waals surface area contributed by atoms with Gasteiger partial charge in [0, 0.05) is 26.2 Å². The maximum absolute atomic E-state index is 12.9. The van der Waals surface area contributed by atoms with Gasteiger partial charge in [0.2, 0.25) is 15.9 Å². The fourth-order valence-corrected chi connectivity index (χ4v) is 4.27. The van der Waals surface area contributed by atoms with Crippen molar-refractivity contribution in [2.45, 2.75) is 16.2 Å². The minimum absolute atomic E-state index is 0.0602. The quantitative estimate of drug-likeness (QED) is 0.697. The van der Waals surface area contributed by atoms with E-state index in [1.165, 1.54) is 38.4 Å². The molecule has 2 aromatic rings. The number of rotatable bonds is 7. The van der Waals surface area contributed by atoms with Crippen molar-refractivity contribution < 1.29 is 26.0 Å². The monoisotopic (exact) mass is 414 g/mol. The Morgan fingerprint density at radius 3 is 1.96 bits per heavy atom. The molecule has 0 fully saturated rings. The Morgan fingerprint density at radius 1 is 0.926 bits per heavy atom. The first kappa shape index (κ1) is 21.0. The third kappa shape index (κ3) is 5.34. The number of halogens is 1. The summed E-state index contributed by atoms with van der Waals surface area (Å²) in [5.41, 5.74) is 0.344. The highest BCUT2D eigenvalue weighted by Crippen LogP contribution is 2.17. The molecule has 0 atom stereocenters. The molecular weight excluding hydrogens is 395 g/mol. The number of carbonyl (C=O) groups excluding carboxylic acids is 1. The van der Waals surface area contributed by atoms with E-state index in [1.54, 1.807) is 0 Å². The molecule has 0 aromatic heterocycles. The Labute approximate surface area is 157 Å². The summed E-state index contributed by atoms with van der Waals surface area (Å²) in [5, 5.41) is 2.51. The zero-order chi connectivity index (χ0) is 20.2. The van der Waals surface area contributed by atoms with Crippen LogP contribution in [0.1, 0.15) is 6.42 Å². The van der Waals surface area contributed by atoms with Crippen LogP contribution in [0.25, 0.3) is 0 Å². The van der Waals surface area contributed by atoms with Gasteiger partial charge in [-0.3, -0.25) is 4.79 Å². The van der Waals surface area contributed by atoms with E-state index in [0.717, 1.165) is 28.6 Å². The maximum atomic E-state index is 12.9. The Kier molecular flexibility index (Phi) is 6.34. The van der Waals surface area contributed by atoms with E-state index >= 15 is 0 Å². The lowest BCUT2D eigenvalue weighted by Gasteiger charge is -2.12. The number of nitrogens with zero attached hydrogens (tertiary/aromatic N) is 1. The minimum Gasteiger partial charge on any atom is -0.326 e. The lowest BCUT2D eigenvalue weighted by molar-refractivity contribution is -0.115. The summed E-state index contributed by atoms with van der Waals surface area (Å²) in [7, 11) is -4.46. The molecule has 0 bridgehead atoms. The molecule has 0 unspecified atom stereocenters. The fraction of sp³-hybridized carbons (Fsp3) is 0.235. The summed E-state index contributed by atoms with van der Waals surface area (Å²) in [6, 6.07) is 9.90. The topological polar surface area (TPSA) is 101 Å². The van der Waals surface area contributed by atoms with Crippen LogP contribution >= 0.6 is 0 Å². The van der Waals surface area contributed by atoms with Crippen LogP contribution in [0.5, 0.6) is 0 Å². The zero-order valence-corrected chi connectivity index (χ0v) is 16.3. The standard InChI is InChI=1S/C17H19FN2O5S2/c1-20(2)27(24,25)16-9-5-14(6-10-16)19-17(21)11-12-26(22,23)15-7-3-13(18)4-8-15/h3-10H,11-12H2,1-2H3,(H,19,21). The zero-order valence-electron chi connectivity index (χ0n) is 14.7. The van der Waals surface area contributed by atoms with Gasteiger partial charge in [-0.1, -0.05) is 0 Å². The third-order valence-corrected chi connectivity index (χ3v) is 7.25. The molecule has 0 heterocycles. The van der Waals surface area contributed by atoms with Crippen LogP contribution in [0.3, 0.4) is 0 Å². The summed E-state index contributed by atoms with van der Waals surface area (Å²) in [6.07, 6.45) is -0.294. The fourth-order valence-electron chi connectivity index (χ4n) is 2.13. The molecular formula is C17H19FN2O5S2. The Hall–Kier alpha value is -2.30. The maximum Gasteiger partial charge on any atom is 0.242 e. The van der Waals surface area contributed by atoms with Crippen LogP contribution in [-0.4, -0.2) is 46.9 Å². The van der Waals surface area contributed by atoms with Crippen molar-refractivity contribution in [3.05, 3.63) is 54.3 Å². The van der Waals surface area contributed by atoms with Crippen LogP contribution in [0.2, 0.25) is 0 Å². The summed E-state index contributed by atoms with van der Waals surface area (Å²) in [4.78, 5) is 12.0. The molecule has 146 valence electrons. The number of benzene rings is 2. The van der Waals surface area contributed by atoms with E-state index < -0.39 is 37.3 Å². The molecule has 2 aromatic carbocycles. The van der Waals surface area contributed by atoms with Gasteiger partial charge in [0.15, 0.2) is 9.84 Å². The SMILES string of the molecule is CN(C)S(=O)(=O)c1ccc(NC(=O)CCS(=O)(=O)c2ccc(F)cc2)cc1. The van der Waals surface area contributed by atoms with Gasteiger partial charge in [-0.05, 0) is 48.5 Å². The van der Waals surface area contributed by atoms with Crippen molar-refractivity contribution in [3.63, 3.8) is 0 Å². The van der Waals surface area contributed by atoms with Gasteiger partial charge in [-0.2, -0.15) is 0 Å². The van der Waals surface area contributed by atoms with Gasteiger partial charge in [0.1, 0.15) is 5.82 Å². The molecule has 10 heteroatoms. The van der Waals surface area contributed by atoms with Crippen LogP contribution < -0.4 is 5.32 Å². The number of carbonyl (C=O) groups is 1. The smallest absolute Gasteiger partial charge is 0.242 e. The van der Waals surface area contributed by atoms with Crippen LogP contribution in [-0.2, 0) is 24.7 Å². The first-order valence-corrected chi connectivity index (χ1v) is 10.9. The Balaban J connectivity index is 1.99. The molecule has 0 aliphatic carbocycles. The van der Waals surface area contributed by atoms with Crippen LogP contribution in [0, 0.1) is 5.82 Å². The van der Waals surface area contributed by atoms with Crippen molar-refractivity contribution in [3.8, 4) is 0 Å². The third-order valence-electron chi connectivity index (χ3n) is 3.69. The van der Waals surface area contributed by atoms with Gasteiger partial charge in [-0.25, -0.2) is 25.5 Å². The average Bonchev–Trinajstić information content (AvgIpc) is 2.61. The second-order valence-corrected chi connectivity index (χ2v) is 10.1. The van der Waals surface area contributed by atoms with Crippen LogP contribution in [0.15, 0.2) is 58.3 Å². The van der Waals surface area contributed by atoms with Crippen molar-refractivity contribution in [2.24, 2.45) is 0 Å². The molecule has 1 amide bonds. The van der Waals surface area contributed by atoms with Crippen molar-refractivity contribution in [2.75, 3.05) is 25.2 Å². The highest BCUT2D eigenvalue weighted by atomic mass is 32.2. The van der Waals surface area contributed by atoms with Gasteiger partial charge in [-0.15, -0.1) is 0 Å². The van der Waals surface area contributed by atoms with E-state index in [1.807, 2.05) is 0 Å². The van der Waals surface area contributed by atoms with Gasteiger partial charge < -0.3 is 5.32 Å². The average molecular weight is 414 g/mol. The first-order chi connectivity index (χ1) is 12.5. The number of hydrogen-bond acceptors (Lipinski definition) is 5. The van der Waals surface area contributed by atoms with E-state index in [-0.39, 0.29) is 16.2 Å². The second-order valence-electron chi connectivity index (χ2n) is 5.88. The van der Waals surface area contributed by atoms with E-state index in [0.29, 0.717) is 5.69 Å². The molecule has 7 nitrogen and oxygen atoms in total. The number of sulfone groups is 1.